The molecule has 0 aliphatic heterocycles. The summed E-state index contributed by atoms with van der Waals surface area (Å²) in [6.07, 6.45) is 0.493. The van der Waals surface area contributed by atoms with Gasteiger partial charge in [-0.05, 0) is 48.9 Å². The molecule has 0 heterocycles. The fourth-order valence-corrected chi connectivity index (χ4v) is 1.90. The van der Waals surface area contributed by atoms with Gasteiger partial charge >= 0.3 is 0 Å². The first-order valence-corrected chi connectivity index (χ1v) is 6.65. The van der Waals surface area contributed by atoms with Crippen molar-refractivity contribution in [1.29, 1.82) is 0 Å². The number of hydrogen-bond donors (Lipinski definition) is 2. The van der Waals surface area contributed by atoms with Crippen molar-refractivity contribution in [1.82, 2.24) is 0 Å². The fraction of sp³-hybridized carbons (Fsp3) is 0.188. The van der Waals surface area contributed by atoms with Crippen molar-refractivity contribution >= 4 is 11.6 Å². The molecule has 21 heavy (non-hydrogen) atoms. The number of carbonyl (C=O) groups is 1. The van der Waals surface area contributed by atoms with Crippen LogP contribution in [0.4, 0.5) is 10.1 Å². The molecule has 0 aliphatic carbocycles. The number of halogens is 1. The molecule has 0 aliphatic rings. The molecule has 0 saturated heterocycles. The molecule has 2 aromatic carbocycles. The van der Waals surface area contributed by atoms with Crippen LogP contribution in [0.15, 0.2) is 48.5 Å². The summed E-state index contributed by atoms with van der Waals surface area (Å²) in [6.45, 7) is 0.244. The Hall–Kier alpha value is -2.40. The molecule has 0 spiro atoms. The van der Waals surface area contributed by atoms with Gasteiger partial charge in [-0.15, -0.1) is 0 Å². The predicted molar refractivity (Wildman–Crippen MR) is 79.7 cm³/mol. The Balaban J connectivity index is 1.95. The van der Waals surface area contributed by atoms with Gasteiger partial charge in [0.05, 0.1) is 0 Å². The van der Waals surface area contributed by atoms with Crippen LogP contribution in [0.1, 0.15) is 5.56 Å². The van der Waals surface area contributed by atoms with Crippen molar-refractivity contribution in [2.24, 2.45) is 5.73 Å². The van der Waals surface area contributed by atoms with Gasteiger partial charge in [0.2, 0.25) is 0 Å². The maximum absolute atomic E-state index is 13.2. The van der Waals surface area contributed by atoms with Gasteiger partial charge in [0.1, 0.15) is 11.6 Å². The second-order valence-electron chi connectivity index (χ2n) is 4.49. The van der Waals surface area contributed by atoms with E-state index in [4.69, 9.17) is 10.5 Å². The lowest BCUT2D eigenvalue weighted by molar-refractivity contribution is -0.118. The molecule has 0 fully saturated rings. The van der Waals surface area contributed by atoms with Crippen LogP contribution in [0.2, 0.25) is 0 Å². The van der Waals surface area contributed by atoms with Gasteiger partial charge in [0.15, 0.2) is 6.61 Å². The fourth-order valence-electron chi connectivity index (χ4n) is 1.90. The highest BCUT2D eigenvalue weighted by Crippen LogP contribution is 2.20. The summed E-state index contributed by atoms with van der Waals surface area (Å²) in [4.78, 5) is 11.8. The normalized spacial score (nSPS) is 10.2. The standard InChI is InChI=1S/C16H17FN2O2/c17-13-6-7-15(12(10-13)8-9-18)21-11-16(20)19-14-4-2-1-3-5-14/h1-7,10H,8-9,11,18H2,(H,19,20). The molecule has 3 N–H and O–H groups in total. The van der Waals surface area contributed by atoms with Crippen LogP contribution in [0.25, 0.3) is 0 Å². The number of rotatable bonds is 6. The van der Waals surface area contributed by atoms with Crippen molar-refractivity contribution in [2.75, 3.05) is 18.5 Å². The monoisotopic (exact) mass is 288 g/mol. The molecule has 2 rings (SSSR count). The molecular weight excluding hydrogens is 271 g/mol. The molecule has 0 saturated carbocycles. The van der Waals surface area contributed by atoms with Crippen LogP contribution in [-0.2, 0) is 11.2 Å². The maximum Gasteiger partial charge on any atom is 0.262 e. The van der Waals surface area contributed by atoms with Crippen molar-refractivity contribution in [2.45, 2.75) is 6.42 Å². The first kappa shape index (κ1) is 15.0. The van der Waals surface area contributed by atoms with E-state index < -0.39 is 0 Å². The summed E-state index contributed by atoms with van der Waals surface area (Å²) in [5.41, 5.74) is 6.84. The molecule has 0 aromatic heterocycles. The van der Waals surface area contributed by atoms with E-state index in [2.05, 4.69) is 5.32 Å². The number of ether oxygens (including phenoxy) is 1. The second kappa shape index (κ2) is 7.40. The minimum absolute atomic E-state index is 0.141. The first-order chi connectivity index (χ1) is 10.2. The van der Waals surface area contributed by atoms with Crippen LogP contribution < -0.4 is 15.8 Å². The number of nitrogens with two attached hydrogens (primary N) is 1. The molecule has 0 atom stereocenters. The number of benzene rings is 2. The molecular formula is C16H17FN2O2. The Labute approximate surface area is 122 Å². The van der Waals surface area contributed by atoms with Gasteiger partial charge in [-0.3, -0.25) is 4.79 Å². The second-order valence-corrected chi connectivity index (χ2v) is 4.49. The van der Waals surface area contributed by atoms with Gasteiger partial charge in [-0.1, -0.05) is 18.2 Å². The lowest BCUT2D eigenvalue weighted by Gasteiger charge is -2.11. The zero-order chi connectivity index (χ0) is 15.1. The van der Waals surface area contributed by atoms with Gasteiger partial charge in [-0.25, -0.2) is 4.39 Å². The summed E-state index contributed by atoms with van der Waals surface area (Å²) in [6, 6.07) is 13.3. The van der Waals surface area contributed by atoms with E-state index in [1.54, 1.807) is 12.1 Å². The molecule has 1 amide bonds. The molecule has 110 valence electrons. The quantitative estimate of drug-likeness (QED) is 0.857. The average molecular weight is 288 g/mol. The molecule has 0 radical (unpaired) electrons. The van der Waals surface area contributed by atoms with Crippen molar-refractivity contribution < 1.29 is 13.9 Å². The Bertz CT molecular complexity index is 602. The number of anilines is 1. The maximum atomic E-state index is 13.2. The Morgan fingerprint density at radius 1 is 1.19 bits per heavy atom. The van der Waals surface area contributed by atoms with Crippen LogP contribution >= 0.6 is 0 Å². The topological polar surface area (TPSA) is 64.3 Å². The van der Waals surface area contributed by atoms with E-state index in [-0.39, 0.29) is 18.3 Å². The van der Waals surface area contributed by atoms with Gasteiger partial charge in [0, 0.05) is 5.69 Å². The zero-order valence-corrected chi connectivity index (χ0v) is 11.5. The highest BCUT2D eigenvalue weighted by Gasteiger charge is 2.08. The first-order valence-electron chi connectivity index (χ1n) is 6.65. The van der Waals surface area contributed by atoms with E-state index in [0.29, 0.717) is 30.0 Å². The Morgan fingerprint density at radius 2 is 1.95 bits per heavy atom. The lowest BCUT2D eigenvalue weighted by Crippen LogP contribution is -2.20. The smallest absolute Gasteiger partial charge is 0.262 e. The minimum atomic E-state index is -0.348. The third-order valence-electron chi connectivity index (χ3n) is 2.85. The van der Waals surface area contributed by atoms with E-state index in [0.717, 1.165) is 0 Å². The van der Waals surface area contributed by atoms with Gasteiger partial charge in [0.25, 0.3) is 5.91 Å². The highest BCUT2D eigenvalue weighted by atomic mass is 19.1. The Kier molecular flexibility index (Phi) is 5.29. The van der Waals surface area contributed by atoms with E-state index >= 15 is 0 Å². The number of amides is 1. The van der Waals surface area contributed by atoms with Crippen LogP contribution in [0, 0.1) is 5.82 Å². The highest BCUT2D eigenvalue weighted by molar-refractivity contribution is 5.91. The summed E-state index contributed by atoms with van der Waals surface area (Å²) < 4.78 is 18.6. The van der Waals surface area contributed by atoms with Gasteiger partial charge < -0.3 is 15.8 Å². The molecule has 4 nitrogen and oxygen atoms in total. The summed E-state index contributed by atoms with van der Waals surface area (Å²) in [5.74, 6) is -0.145. The predicted octanol–water partition coefficient (Wildman–Crippen LogP) is 2.34. The molecule has 0 unspecified atom stereocenters. The number of nitrogens with one attached hydrogen (secondary N) is 1. The lowest BCUT2D eigenvalue weighted by atomic mass is 10.1. The molecule has 0 bridgehead atoms. The summed E-state index contributed by atoms with van der Waals surface area (Å²) in [5, 5.41) is 2.71. The molecule has 5 heteroatoms. The Morgan fingerprint density at radius 3 is 2.67 bits per heavy atom. The van der Waals surface area contributed by atoms with Crippen molar-refractivity contribution in [3.63, 3.8) is 0 Å². The van der Waals surface area contributed by atoms with Crippen LogP contribution in [0.3, 0.4) is 0 Å². The largest absolute Gasteiger partial charge is 0.483 e. The van der Waals surface area contributed by atoms with Crippen LogP contribution in [0.5, 0.6) is 5.75 Å². The van der Waals surface area contributed by atoms with Crippen LogP contribution in [-0.4, -0.2) is 19.1 Å². The van der Waals surface area contributed by atoms with Gasteiger partial charge in [-0.2, -0.15) is 0 Å². The summed E-state index contributed by atoms with van der Waals surface area (Å²) >= 11 is 0. The van der Waals surface area contributed by atoms with E-state index in [1.807, 2.05) is 18.2 Å². The third-order valence-corrected chi connectivity index (χ3v) is 2.85. The third kappa shape index (κ3) is 4.57. The zero-order valence-electron chi connectivity index (χ0n) is 11.5. The average Bonchev–Trinajstić information content (AvgIpc) is 2.48. The van der Waals surface area contributed by atoms with Crippen molar-refractivity contribution in [3.05, 3.63) is 59.9 Å². The van der Waals surface area contributed by atoms with E-state index in [9.17, 15) is 9.18 Å². The number of carbonyl (C=O) groups excluding carboxylic acids is 1. The minimum Gasteiger partial charge on any atom is -0.483 e. The van der Waals surface area contributed by atoms with Crippen molar-refractivity contribution in [3.8, 4) is 5.75 Å². The number of hydrogen-bond acceptors (Lipinski definition) is 3. The molecule has 2 aromatic rings. The number of para-hydroxylation sites is 1. The summed E-state index contributed by atoms with van der Waals surface area (Å²) in [7, 11) is 0. The SMILES string of the molecule is NCCc1cc(F)ccc1OCC(=O)Nc1ccccc1. The van der Waals surface area contributed by atoms with E-state index in [1.165, 1.54) is 18.2 Å².